The summed E-state index contributed by atoms with van der Waals surface area (Å²) >= 11 is 7.44. The summed E-state index contributed by atoms with van der Waals surface area (Å²) in [4.78, 5) is 0. The quantitative estimate of drug-likeness (QED) is 0.436. The van der Waals surface area contributed by atoms with Crippen LogP contribution in [-0.2, 0) is 5.75 Å². The molecule has 0 aliphatic heterocycles. The van der Waals surface area contributed by atoms with Crippen LogP contribution in [0.15, 0.2) is 24.3 Å². The van der Waals surface area contributed by atoms with Crippen LogP contribution in [0.25, 0.3) is 0 Å². The van der Waals surface area contributed by atoms with Gasteiger partial charge in [0, 0.05) is 11.3 Å². The maximum atomic E-state index is 4.19. The van der Waals surface area contributed by atoms with E-state index in [1.54, 1.807) is 0 Å². The summed E-state index contributed by atoms with van der Waals surface area (Å²) in [7, 11) is 0. The summed E-state index contributed by atoms with van der Waals surface area (Å²) in [5.41, 5.74) is 2.26. The average molecular weight is 241 g/mol. The number of hydrogen-bond acceptors (Lipinski definition) is 1. The third-order valence-corrected chi connectivity index (χ3v) is 2.05. The Morgan fingerprint density at radius 2 is 2.25 bits per heavy atom. The molecule has 62 valence electrons. The lowest BCUT2D eigenvalue weighted by molar-refractivity contribution is 1.41. The zero-order valence-electron chi connectivity index (χ0n) is 6.55. The van der Waals surface area contributed by atoms with Crippen molar-refractivity contribution in [3.63, 3.8) is 0 Å². The van der Waals surface area contributed by atoms with Crippen LogP contribution >= 0.6 is 28.6 Å². The second kappa shape index (κ2) is 5.29. The normalized spacial score (nSPS) is 8.83. The molecule has 0 heterocycles. The van der Waals surface area contributed by atoms with Gasteiger partial charge < -0.3 is 0 Å². The fourth-order valence-electron chi connectivity index (χ4n) is 0.883. The molecular weight excluding hydrogens is 232 g/mol. The highest BCUT2D eigenvalue weighted by molar-refractivity contribution is 9.09. The molecule has 0 unspecified atom stereocenters. The van der Waals surface area contributed by atoms with Crippen molar-refractivity contribution in [1.29, 1.82) is 0 Å². The smallest absolute Gasteiger partial charge is 0.0649 e. The van der Waals surface area contributed by atoms with Gasteiger partial charge in [0.2, 0.25) is 0 Å². The molecule has 0 fully saturated rings. The first-order valence-corrected chi connectivity index (χ1v) is 5.37. The van der Waals surface area contributed by atoms with Gasteiger partial charge in [0.15, 0.2) is 0 Å². The van der Waals surface area contributed by atoms with Crippen molar-refractivity contribution in [2.24, 2.45) is 0 Å². The molecule has 2 heteroatoms. The molecule has 0 nitrogen and oxygen atoms in total. The van der Waals surface area contributed by atoms with Crippen molar-refractivity contribution in [3.8, 4) is 11.8 Å². The van der Waals surface area contributed by atoms with E-state index >= 15 is 0 Å². The van der Waals surface area contributed by atoms with Crippen LogP contribution in [-0.4, -0.2) is 5.33 Å². The van der Waals surface area contributed by atoms with Crippen molar-refractivity contribution < 1.29 is 0 Å². The predicted octanol–water partition coefficient (Wildman–Crippen LogP) is 2.86. The van der Waals surface area contributed by atoms with E-state index in [1.165, 1.54) is 5.56 Å². The molecule has 0 saturated carbocycles. The van der Waals surface area contributed by atoms with Crippen LogP contribution in [0.3, 0.4) is 0 Å². The van der Waals surface area contributed by atoms with Crippen molar-refractivity contribution in [1.82, 2.24) is 0 Å². The van der Waals surface area contributed by atoms with Gasteiger partial charge in [-0.3, -0.25) is 0 Å². The van der Waals surface area contributed by atoms with Gasteiger partial charge in [0.1, 0.15) is 0 Å². The van der Waals surface area contributed by atoms with Crippen LogP contribution in [0.5, 0.6) is 0 Å². The summed E-state index contributed by atoms with van der Waals surface area (Å²) in [5.74, 6) is 6.76. The van der Waals surface area contributed by atoms with Gasteiger partial charge in [-0.1, -0.05) is 39.9 Å². The number of benzene rings is 1. The molecule has 0 aliphatic carbocycles. The summed E-state index contributed by atoms with van der Waals surface area (Å²) in [5, 5.41) is 0.720. The van der Waals surface area contributed by atoms with E-state index in [1.807, 2.05) is 18.2 Å². The van der Waals surface area contributed by atoms with E-state index in [0.717, 1.165) is 16.6 Å². The number of hydrogen-bond donors (Lipinski definition) is 1. The lowest BCUT2D eigenvalue weighted by Gasteiger charge is -1.94. The fourth-order valence-corrected chi connectivity index (χ4v) is 1.22. The van der Waals surface area contributed by atoms with Crippen LogP contribution in [0, 0.1) is 11.8 Å². The Bertz CT molecular complexity index is 309. The minimum absolute atomic E-state index is 0.720. The second-order valence-corrected chi connectivity index (χ2v) is 3.17. The molecule has 1 rings (SSSR count). The van der Waals surface area contributed by atoms with Gasteiger partial charge in [-0.2, -0.15) is 12.6 Å². The summed E-state index contributed by atoms with van der Waals surface area (Å²) < 4.78 is 0. The number of thiol groups is 1. The third kappa shape index (κ3) is 2.92. The summed E-state index contributed by atoms with van der Waals surface area (Å²) in [6.45, 7) is 0. The molecule has 0 aliphatic rings. The average Bonchev–Trinajstić information content (AvgIpc) is 2.15. The second-order valence-electron chi connectivity index (χ2n) is 2.29. The zero-order valence-corrected chi connectivity index (χ0v) is 9.03. The Kier molecular flexibility index (Phi) is 4.27. The first-order chi connectivity index (χ1) is 5.86. The minimum atomic E-state index is 0.720. The topological polar surface area (TPSA) is 0 Å². The minimum Gasteiger partial charge on any atom is -0.175 e. The van der Waals surface area contributed by atoms with Crippen LogP contribution in [0.2, 0.25) is 0 Å². The molecule has 12 heavy (non-hydrogen) atoms. The van der Waals surface area contributed by atoms with Gasteiger partial charge in [0.25, 0.3) is 0 Å². The van der Waals surface area contributed by atoms with Gasteiger partial charge in [0.05, 0.1) is 5.33 Å². The van der Waals surface area contributed by atoms with Gasteiger partial charge in [-0.15, -0.1) is 0 Å². The summed E-state index contributed by atoms with van der Waals surface area (Å²) in [6.07, 6.45) is 0. The molecule has 0 atom stereocenters. The highest BCUT2D eigenvalue weighted by Gasteiger charge is 1.89. The number of rotatable bonds is 1. The lowest BCUT2D eigenvalue weighted by atomic mass is 10.1. The van der Waals surface area contributed by atoms with Gasteiger partial charge in [-0.05, 0) is 17.7 Å². The van der Waals surface area contributed by atoms with E-state index in [2.05, 4.69) is 46.5 Å². The van der Waals surface area contributed by atoms with E-state index in [0.29, 0.717) is 0 Å². The monoisotopic (exact) mass is 240 g/mol. The predicted molar refractivity (Wildman–Crippen MR) is 59.8 cm³/mol. The maximum absolute atomic E-state index is 4.19. The van der Waals surface area contributed by atoms with Crippen molar-refractivity contribution in [3.05, 3.63) is 35.4 Å². The van der Waals surface area contributed by atoms with E-state index in [4.69, 9.17) is 0 Å². The molecule has 0 amide bonds. The van der Waals surface area contributed by atoms with Gasteiger partial charge in [-0.25, -0.2) is 0 Å². The number of alkyl halides is 1. The van der Waals surface area contributed by atoms with Crippen molar-refractivity contribution in [2.45, 2.75) is 5.75 Å². The molecule has 0 N–H and O–H groups in total. The maximum Gasteiger partial charge on any atom is 0.0649 e. The SMILES string of the molecule is SCc1cccc(C#CCBr)c1. The van der Waals surface area contributed by atoms with E-state index in [-0.39, 0.29) is 0 Å². The van der Waals surface area contributed by atoms with Crippen LogP contribution in [0.1, 0.15) is 11.1 Å². The Morgan fingerprint density at radius 3 is 2.92 bits per heavy atom. The Labute approximate surface area is 86.9 Å². The Balaban J connectivity index is 2.86. The van der Waals surface area contributed by atoms with Crippen LogP contribution < -0.4 is 0 Å². The van der Waals surface area contributed by atoms with Gasteiger partial charge >= 0.3 is 0 Å². The largest absolute Gasteiger partial charge is 0.175 e. The summed E-state index contributed by atoms with van der Waals surface area (Å²) in [6, 6.07) is 8.11. The molecule has 0 radical (unpaired) electrons. The Hall–Kier alpha value is -0.390. The van der Waals surface area contributed by atoms with Crippen LogP contribution in [0.4, 0.5) is 0 Å². The molecule has 1 aromatic carbocycles. The molecule has 0 saturated heterocycles. The standard InChI is InChI=1S/C10H9BrS/c11-6-2-5-9-3-1-4-10(7-9)8-12/h1,3-4,7,12H,6,8H2. The Morgan fingerprint density at radius 1 is 1.42 bits per heavy atom. The third-order valence-electron chi connectivity index (χ3n) is 1.41. The zero-order chi connectivity index (χ0) is 8.81. The molecule has 0 spiro atoms. The van der Waals surface area contributed by atoms with Crippen molar-refractivity contribution in [2.75, 3.05) is 5.33 Å². The first kappa shape index (κ1) is 9.70. The molecule has 0 aromatic heterocycles. The lowest BCUT2D eigenvalue weighted by Crippen LogP contribution is -1.79. The van der Waals surface area contributed by atoms with Crippen molar-refractivity contribution >= 4 is 28.6 Å². The van der Waals surface area contributed by atoms with E-state index in [9.17, 15) is 0 Å². The first-order valence-electron chi connectivity index (χ1n) is 3.61. The van der Waals surface area contributed by atoms with E-state index < -0.39 is 0 Å². The highest BCUT2D eigenvalue weighted by atomic mass is 79.9. The molecule has 1 aromatic rings. The molecular formula is C10H9BrS. The molecule has 0 bridgehead atoms. The fraction of sp³-hybridized carbons (Fsp3) is 0.200. The highest BCUT2D eigenvalue weighted by Crippen LogP contribution is 2.06. The number of halogens is 1.